The number of hydrogen-bond donors (Lipinski definition) is 1. The number of aliphatic imine (C=N–C) groups is 1. The highest BCUT2D eigenvalue weighted by molar-refractivity contribution is 6.30. The molecule has 0 radical (unpaired) electrons. The first-order chi connectivity index (χ1) is 13.6. The smallest absolute Gasteiger partial charge is 0.160 e. The average molecular weight is 393 g/mol. The molecule has 0 aliphatic carbocycles. The predicted molar refractivity (Wildman–Crippen MR) is 116 cm³/mol. The second-order valence-corrected chi connectivity index (χ2v) is 6.46. The Balaban J connectivity index is 1.96. The van der Waals surface area contributed by atoms with Gasteiger partial charge in [-0.05, 0) is 36.8 Å². The number of pyridine rings is 3. The number of halogens is 1. The monoisotopic (exact) mass is 392 g/mol. The van der Waals surface area contributed by atoms with Crippen molar-refractivity contribution < 1.29 is 0 Å². The molecular weight excluding hydrogens is 372 g/mol. The van der Waals surface area contributed by atoms with E-state index in [1.54, 1.807) is 24.8 Å². The first-order valence-electron chi connectivity index (χ1n) is 8.82. The van der Waals surface area contributed by atoms with Gasteiger partial charge in [-0.3, -0.25) is 15.0 Å². The largest absolute Gasteiger partial charge is 0.341 e. The molecule has 0 aromatic carbocycles. The summed E-state index contributed by atoms with van der Waals surface area (Å²) in [5, 5.41) is 3.80. The highest BCUT2D eigenvalue weighted by Crippen LogP contribution is 2.31. The molecule has 0 spiro atoms. The van der Waals surface area contributed by atoms with Gasteiger partial charge in [0.2, 0.25) is 0 Å². The molecular formula is C21H21ClN6. The standard InChI is InChI=1S/C21H21ClN6/c1-4-9-25-20-8-7-19(16-11-17(22)13-24-12-16)27-21(20)28(3)15(2)26-18-6-5-10-23-14-18/h5-14,26H,2,4H2,1,3H3. The van der Waals surface area contributed by atoms with Gasteiger partial charge in [0.1, 0.15) is 11.5 Å². The zero-order valence-electron chi connectivity index (χ0n) is 15.8. The molecule has 142 valence electrons. The van der Waals surface area contributed by atoms with Crippen molar-refractivity contribution in [2.24, 2.45) is 4.99 Å². The minimum absolute atomic E-state index is 0.560. The van der Waals surface area contributed by atoms with Crippen molar-refractivity contribution in [1.82, 2.24) is 15.0 Å². The third-order valence-corrected chi connectivity index (χ3v) is 4.15. The third-order valence-electron chi connectivity index (χ3n) is 3.94. The lowest BCUT2D eigenvalue weighted by Crippen LogP contribution is -2.22. The number of rotatable bonds is 7. The fraction of sp³-hybridized carbons (Fsp3) is 0.143. The fourth-order valence-electron chi connectivity index (χ4n) is 2.51. The predicted octanol–water partition coefficient (Wildman–Crippen LogP) is 5.32. The first kappa shape index (κ1) is 19.5. The van der Waals surface area contributed by atoms with E-state index in [2.05, 4.69) is 26.9 Å². The maximum atomic E-state index is 6.08. The first-order valence-corrected chi connectivity index (χ1v) is 9.20. The van der Waals surface area contributed by atoms with E-state index in [-0.39, 0.29) is 0 Å². The SMILES string of the molecule is C=C(Nc1cccnc1)N(C)c1nc(-c2cncc(Cl)c2)ccc1N=CCC. The summed E-state index contributed by atoms with van der Waals surface area (Å²) in [5.41, 5.74) is 3.17. The molecule has 3 rings (SSSR count). The summed E-state index contributed by atoms with van der Waals surface area (Å²) < 4.78 is 0. The number of nitrogens with zero attached hydrogens (tertiary/aromatic N) is 5. The summed E-state index contributed by atoms with van der Waals surface area (Å²) in [6, 6.07) is 9.45. The van der Waals surface area contributed by atoms with Crippen LogP contribution in [0.4, 0.5) is 17.2 Å². The fourth-order valence-corrected chi connectivity index (χ4v) is 2.68. The quantitative estimate of drug-likeness (QED) is 0.551. The Morgan fingerprint density at radius 2 is 2.11 bits per heavy atom. The molecule has 1 N–H and O–H groups in total. The maximum absolute atomic E-state index is 6.08. The summed E-state index contributed by atoms with van der Waals surface area (Å²) in [4.78, 5) is 19.4. The lowest BCUT2D eigenvalue weighted by molar-refractivity contribution is 1.05. The highest BCUT2D eigenvalue weighted by atomic mass is 35.5. The average Bonchev–Trinajstić information content (AvgIpc) is 2.72. The van der Waals surface area contributed by atoms with E-state index in [0.717, 1.165) is 29.1 Å². The van der Waals surface area contributed by atoms with Gasteiger partial charge in [0, 0.05) is 37.4 Å². The lowest BCUT2D eigenvalue weighted by atomic mass is 10.2. The molecule has 0 atom stereocenters. The number of aromatic nitrogens is 3. The second kappa shape index (κ2) is 9.10. The van der Waals surface area contributed by atoms with Gasteiger partial charge in [0.15, 0.2) is 5.82 Å². The van der Waals surface area contributed by atoms with Crippen molar-refractivity contribution in [2.75, 3.05) is 17.3 Å². The molecule has 6 nitrogen and oxygen atoms in total. The number of nitrogens with one attached hydrogen (secondary N) is 1. The molecule has 0 saturated heterocycles. The van der Waals surface area contributed by atoms with Crippen molar-refractivity contribution in [1.29, 1.82) is 0 Å². The molecule has 0 aliphatic heterocycles. The van der Waals surface area contributed by atoms with Gasteiger partial charge in [0.25, 0.3) is 0 Å². The molecule has 7 heteroatoms. The van der Waals surface area contributed by atoms with E-state index in [0.29, 0.717) is 16.7 Å². The van der Waals surface area contributed by atoms with Crippen LogP contribution in [-0.2, 0) is 0 Å². The van der Waals surface area contributed by atoms with Crippen LogP contribution in [0.15, 0.2) is 72.5 Å². The van der Waals surface area contributed by atoms with Crippen molar-refractivity contribution in [3.8, 4) is 11.3 Å². The molecule has 0 aliphatic rings. The van der Waals surface area contributed by atoms with E-state index in [9.17, 15) is 0 Å². The van der Waals surface area contributed by atoms with E-state index in [4.69, 9.17) is 16.6 Å². The number of hydrogen-bond acceptors (Lipinski definition) is 6. The molecule has 3 aromatic heterocycles. The van der Waals surface area contributed by atoms with Gasteiger partial charge < -0.3 is 10.2 Å². The lowest BCUT2D eigenvalue weighted by Gasteiger charge is -2.23. The molecule has 0 saturated carbocycles. The summed E-state index contributed by atoms with van der Waals surface area (Å²) in [5.74, 6) is 1.32. The molecule has 0 fully saturated rings. The normalized spacial score (nSPS) is 10.8. The van der Waals surface area contributed by atoms with Gasteiger partial charge in [-0.2, -0.15) is 0 Å². The van der Waals surface area contributed by atoms with Gasteiger partial charge >= 0.3 is 0 Å². The summed E-state index contributed by atoms with van der Waals surface area (Å²) in [6.45, 7) is 6.16. The zero-order valence-corrected chi connectivity index (χ0v) is 16.6. The molecule has 3 heterocycles. The van der Waals surface area contributed by atoms with Crippen LogP contribution in [0.5, 0.6) is 0 Å². The van der Waals surface area contributed by atoms with E-state index < -0.39 is 0 Å². The Labute approximate surface area is 169 Å². The highest BCUT2D eigenvalue weighted by Gasteiger charge is 2.14. The van der Waals surface area contributed by atoms with Crippen LogP contribution < -0.4 is 10.2 Å². The summed E-state index contributed by atoms with van der Waals surface area (Å²) in [6.07, 6.45) is 9.47. The Morgan fingerprint density at radius 1 is 1.25 bits per heavy atom. The van der Waals surface area contributed by atoms with Gasteiger partial charge in [0.05, 0.1) is 22.6 Å². The molecule has 28 heavy (non-hydrogen) atoms. The van der Waals surface area contributed by atoms with Crippen molar-refractivity contribution in [3.63, 3.8) is 0 Å². The Kier molecular flexibility index (Phi) is 6.34. The zero-order chi connectivity index (χ0) is 19.9. The van der Waals surface area contributed by atoms with E-state index in [1.165, 1.54) is 0 Å². The van der Waals surface area contributed by atoms with Crippen LogP contribution in [0.2, 0.25) is 5.02 Å². The van der Waals surface area contributed by atoms with Gasteiger partial charge in [-0.25, -0.2) is 4.98 Å². The van der Waals surface area contributed by atoms with Crippen LogP contribution >= 0.6 is 11.6 Å². The Hall–Kier alpha value is -3.25. The Morgan fingerprint density at radius 3 is 2.82 bits per heavy atom. The molecule has 3 aromatic rings. The van der Waals surface area contributed by atoms with E-state index >= 15 is 0 Å². The minimum Gasteiger partial charge on any atom is -0.341 e. The topological polar surface area (TPSA) is 66.3 Å². The third kappa shape index (κ3) is 4.72. The van der Waals surface area contributed by atoms with Crippen LogP contribution in [0.3, 0.4) is 0 Å². The van der Waals surface area contributed by atoms with Gasteiger partial charge in [-0.1, -0.05) is 25.1 Å². The Bertz CT molecular complexity index is 987. The van der Waals surface area contributed by atoms with Crippen molar-refractivity contribution >= 4 is 35.0 Å². The molecule has 0 amide bonds. The second-order valence-electron chi connectivity index (χ2n) is 6.02. The minimum atomic E-state index is 0.560. The van der Waals surface area contributed by atoms with Crippen molar-refractivity contribution in [3.05, 3.63) is 72.5 Å². The van der Waals surface area contributed by atoms with Crippen LogP contribution in [0.1, 0.15) is 13.3 Å². The number of anilines is 2. The van der Waals surface area contributed by atoms with Crippen LogP contribution in [-0.4, -0.2) is 28.2 Å². The molecule has 0 unspecified atom stereocenters. The molecule has 0 bridgehead atoms. The summed E-state index contributed by atoms with van der Waals surface area (Å²) >= 11 is 6.08. The van der Waals surface area contributed by atoms with Crippen LogP contribution in [0, 0.1) is 0 Å². The summed E-state index contributed by atoms with van der Waals surface area (Å²) in [7, 11) is 1.89. The maximum Gasteiger partial charge on any atom is 0.160 e. The van der Waals surface area contributed by atoms with Gasteiger partial charge in [-0.15, -0.1) is 0 Å². The van der Waals surface area contributed by atoms with E-state index in [1.807, 2.05) is 55.4 Å². The van der Waals surface area contributed by atoms with Crippen LogP contribution in [0.25, 0.3) is 11.3 Å². The van der Waals surface area contributed by atoms with Crippen molar-refractivity contribution in [2.45, 2.75) is 13.3 Å².